The van der Waals surface area contributed by atoms with E-state index >= 15 is 0 Å². The molecule has 0 bridgehead atoms. The predicted molar refractivity (Wildman–Crippen MR) is 93.9 cm³/mol. The molecule has 2 unspecified atom stereocenters. The number of nitrogens with zero attached hydrogens (tertiary/aromatic N) is 1. The Morgan fingerprint density at radius 2 is 1.96 bits per heavy atom. The summed E-state index contributed by atoms with van der Waals surface area (Å²) in [5.41, 5.74) is 3.33. The van der Waals surface area contributed by atoms with Gasteiger partial charge in [0.25, 0.3) is 5.91 Å². The number of imidazole rings is 1. The standard InChI is InChI=1S/C19H18N4O2/c1-11(18-21-14-8-4-5-9-15(14)22-18)20-17(24)10-16-12-6-2-3-7-13(12)19(25)23-16/h2-9,11,16H,10H2,1H3,(H,20,24)(H,21,22)(H,23,25). The van der Waals surface area contributed by atoms with Crippen molar-refractivity contribution in [2.75, 3.05) is 0 Å². The normalized spacial score (nSPS) is 17.2. The van der Waals surface area contributed by atoms with E-state index in [-0.39, 0.29) is 30.3 Å². The number of para-hydroxylation sites is 2. The van der Waals surface area contributed by atoms with Crippen molar-refractivity contribution in [1.29, 1.82) is 0 Å². The monoisotopic (exact) mass is 334 g/mol. The van der Waals surface area contributed by atoms with Crippen molar-refractivity contribution >= 4 is 22.8 Å². The van der Waals surface area contributed by atoms with E-state index in [4.69, 9.17) is 0 Å². The van der Waals surface area contributed by atoms with E-state index in [2.05, 4.69) is 20.6 Å². The number of aromatic nitrogens is 2. The van der Waals surface area contributed by atoms with Gasteiger partial charge in [0.1, 0.15) is 5.82 Å². The van der Waals surface area contributed by atoms with Crippen LogP contribution in [0.25, 0.3) is 11.0 Å². The van der Waals surface area contributed by atoms with Crippen LogP contribution in [0.3, 0.4) is 0 Å². The van der Waals surface area contributed by atoms with Gasteiger partial charge in [0.15, 0.2) is 0 Å². The van der Waals surface area contributed by atoms with Crippen molar-refractivity contribution in [3.8, 4) is 0 Å². The van der Waals surface area contributed by atoms with Gasteiger partial charge >= 0.3 is 0 Å². The molecule has 2 amide bonds. The SMILES string of the molecule is CC(NC(=O)CC1NC(=O)c2ccccc21)c1nc2ccccc2[nH]1. The summed E-state index contributed by atoms with van der Waals surface area (Å²) in [5.74, 6) is 0.457. The maximum Gasteiger partial charge on any atom is 0.252 e. The average Bonchev–Trinajstić information content (AvgIpc) is 3.17. The Morgan fingerprint density at radius 3 is 2.80 bits per heavy atom. The second-order valence-corrected chi connectivity index (χ2v) is 6.25. The van der Waals surface area contributed by atoms with E-state index < -0.39 is 0 Å². The summed E-state index contributed by atoms with van der Waals surface area (Å²) in [6.07, 6.45) is 0.202. The summed E-state index contributed by atoms with van der Waals surface area (Å²) in [5, 5.41) is 5.81. The van der Waals surface area contributed by atoms with Crippen molar-refractivity contribution < 1.29 is 9.59 Å². The lowest BCUT2D eigenvalue weighted by atomic mass is 10.0. The minimum absolute atomic E-state index is 0.126. The molecule has 0 spiro atoms. The predicted octanol–water partition coefficient (Wildman–Crippen LogP) is 2.61. The molecule has 6 nitrogen and oxygen atoms in total. The fraction of sp³-hybridized carbons (Fsp3) is 0.211. The quantitative estimate of drug-likeness (QED) is 0.685. The summed E-state index contributed by atoms with van der Waals surface area (Å²) >= 11 is 0. The number of carbonyl (C=O) groups excluding carboxylic acids is 2. The van der Waals surface area contributed by atoms with E-state index in [0.29, 0.717) is 11.4 Å². The van der Waals surface area contributed by atoms with Crippen molar-refractivity contribution in [3.05, 3.63) is 65.5 Å². The van der Waals surface area contributed by atoms with Crippen LogP contribution in [-0.4, -0.2) is 21.8 Å². The van der Waals surface area contributed by atoms with Crippen molar-refractivity contribution in [2.45, 2.75) is 25.4 Å². The molecule has 3 N–H and O–H groups in total. The van der Waals surface area contributed by atoms with Gasteiger partial charge in [-0.2, -0.15) is 0 Å². The molecule has 1 aliphatic rings. The zero-order valence-electron chi connectivity index (χ0n) is 13.7. The van der Waals surface area contributed by atoms with Crippen LogP contribution in [0.2, 0.25) is 0 Å². The Balaban J connectivity index is 1.45. The highest BCUT2D eigenvalue weighted by Crippen LogP contribution is 2.27. The number of hydrogen-bond acceptors (Lipinski definition) is 3. The van der Waals surface area contributed by atoms with Crippen molar-refractivity contribution in [3.63, 3.8) is 0 Å². The molecule has 2 aromatic carbocycles. The van der Waals surface area contributed by atoms with Gasteiger partial charge in [-0.1, -0.05) is 30.3 Å². The first-order chi connectivity index (χ1) is 12.1. The number of H-pyrrole nitrogens is 1. The van der Waals surface area contributed by atoms with Crippen LogP contribution in [0.1, 0.15) is 47.2 Å². The van der Waals surface area contributed by atoms with Crippen LogP contribution in [0.15, 0.2) is 48.5 Å². The van der Waals surface area contributed by atoms with E-state index in [1.807, 2.05) is 49.4 Å². The van der Waals surface area contributed by atoms with Gasteiger partial charge < -0.3 is 15.6 Å². The maximum absolute atomic E-state index is 12.4. The lowest BCUT2D eigenvalue weighted by Crippen LogP contribution is -2.31. The Labute approximate surface area is 144 Å². The number of nitrogens with one attached hydrogen (secondary N) is 3. The van der Waals surface area contributed by atoms with Gasteiger partial charge in [0, 0.05) is 5.56 Å². The molecule has 0 saturated carbocycles. The molecule has 0 radical (unpaired) electrons. The number of hydrogen-bond donors (Lipinski definition) is 3. The first-order valence-electron chi connectivity index (χ1n) is 8.25. The molecule has 0 saturated heterocycles. The summed E-state index contributed by atoms with van der Waals surface area (Å²) in [7, 11) is 0. The highest BCUT2D eigenvalue weighted by Gasteiger charge is 2.29. The molecule has 0 aliphatic carbocycles. The third-order valence-corrected chi connectivity index (χ3v) is 4.47. The molecule has 2 heterocycles. The van der Waals surface area contributed by atoms with Gasteiger partial charge in [0.05, 0.1) is 29.5 Å². The van der Waals surface area contributed by atoms with Crippen LogP contribution in [-0.2, 0) is 4.79 Å². The topological polar surface area (TPSA) is 86.9 Å². The average molecular weight is 334 g/mol. The molecule has 2 atom stereocenters. The number of rotatable bonds is 4. The van der Waals surface area contributed by atoms with Crippen LogP contribution in [0, 0.1) is 0 Å². The zero-order chi connectivity index (χ0) is 17.4. The highest BCUT2D eigenvalue weighted by molar-refractivity contribution is 5.99. The molecule has 1 aromatic heterocycles. The Morgan fingerprint density at radius 1 is 1.20 bits per heavy atom. The van der Waals surface area contributed by atoms with Gasteiger partial charge in [0.2, 0.25) is 5.91 Å². The molecular formula is C19H18N4O2. The number of fused-ring (bicyclic) bond motifs is 2. The number of carbonyl (C=O) groups is 2. The summed E-state index contributed by atoms with van der Waals surface area (Å²) in [4.78, 5) is 32.1. The Hall–Kier alpha value is -3.15. The largest absolute Gasteiger partial charge is 0.346 e. The number of aromatic amines is 1. The number of amides is 2. The lowest BCUT2D eigenvalue weighted by Gasteiger charge is -2.15. The van der Waals surface area contributed by atoms with E-state index in [1.165, 1.54) is 0 Å². The fourth-order valence-electron chi connectivity index (χ4n) is 3.21. The van der Waals surface area contributed by atoms with Crippen molar-refractivity contribution in [2.24, 2.45) is 0 Å². The molecular weight excluding hydrogens is 316 g/mol. The second-order valence-electron chi connectivity index (χ2n) is 6.25. The van der Waals surface area contributed by atoms with Crippen molar-refractivity contribution in [1.82, 2.24) is 20.6 Å². The smallest absolute Gasteiger partial charge is 0.252 e. The minimum atomic E-state index is -0.286. The molecule has 25 heavy (non-hydrogen) atoms. The molecule has 6 heteroatoms. The molecule has 1 aliphatic heterocycles. The number of benzene rings is 2. The summed E-state index contributed by atoms with van der Waals surface area (Å²) in [6, 6.07) is 14.6. The third kappa shape index (κ3) is 2.87. The van der Waals surface area contributed by atoms with Gasteiger partial charge in [-0.25, -0.2) is 4.98 Å². The zero-order valence-corrected chi connectivity index (χ0v) is 13.7. The van der Waals surface area contributed by atoms with Gasteiger partial charge in [-0.05, 0) is 30.7 Å². The summed E-state index contributed by atoms with van der Waals surface area (Å²) < 4.78 is 0. The van der Waals surface area contributed by atoms with Crippen LogP contribution < -0.4 is 10.6 Å². The molecule has 4 rings (SSSR count). The molecule has 0 fully saturated rings. The fourth-order valence-corrected chi connectivity index (χ4v) is 3.21. The lowest BCUT2D eigenvalue weighted by molar-refractivity contribution is -0.122. The first-order valence-corrected chi connectivity index (χ1v) is 8.25. The Bertz CT molecular complexity index is 930. The second kappa shape index (κ2) is 6.05. The van der Waals surface area contributed by atoms with Crippen LogP contribution >= 0.6 is 0 Å². The van der Waals surface area contributed by atoms with Gasteiger partial charge in [-0.15, -0.1) is 0 Å². The summed E-state index contributed by atoms with van der Waals surface area (Å²) in [6.45, 7) is 1.89. The maximum atomic E-state index is 12.4. The molecule has 3 aromatic rings. The van der Waals surface area contributed by atoms with E-state index in [9.17, 15) is 9.59 Å². The highest BCUT2D eigenvalue weighted by atomic mass is 16.2. The first kappa shape index (κ1) is 15.4. The minimum Gasteiger partial charge on any atom is -0.346 e. The van der Waals surface area contributed by atoms with Crippen LogP contribution in [0.5, 0.6) is 0 Å². The third-order valence-electron chi connectivity index (χ3n) is 4.47. The van der Waals surface area contributed by atoms with E-state index in [0.717, 1.165) is 16.6 Å². The van der Waals surface area contributed by atoms with Gasteiger partial charge in [-0.3, -0.25) is 9.59 Å². The Kier molecular flexibility index (Phi) is 3.72. The molecule has 126 valence electrons. The van der Waals surface area contributed by atoms with E-state index in [1.54, 1.807) is 6.07 Å². The van der Waals surface area contributed by atoms with Crippen LogP contribution in [0.4, 0.5) is 0 Å².